The van der Waals surface area contributed by atoms with E-state index in [9.17, 15) is 4.39 Å². The van der Waals surface area contributed by atoms with Crippen molar-refractivity contribution >= 4 is 0 Å². The summed E-state index contributed by atoms with van der Waals surface area (Å²) in [5.74, 6) is 0.696. The molecule has 0 unspecified atom stereocenters. The number of benzene rings is 1. The van der Waals surface area contributed by atoms with Gasteiger partial charge < -0.3 is 0 Å². The van der Waals surface area contributed by atoms with Gasteiger partial charge in [0.05, 0.1) is 6.67 Å². The van der Waals surface area contributed by atoms with Crippen LogP contribution in [-0.4, -0.2) is 6.67 Å². The molecule has 0 amide bonds. The first-order valence-electron chi connectivity index (χ1n) is 6.05. The molecular weight excluding hydrogens is 187 g/mol. The Labute approximate surface area is 91.5 Å². The van der Waals surface area contributed by atoms with Gasteiger partial charge in [-0.2, -0.15) is 0 Å². The molecule has 0 nitrogen and oxygen atoms in total. The number of rotatable bonds is 3. The molecule has 1 aliphatic carbocycles. The first kappa shape index (κ1) is 10.7. The Bertz CT molecular complexity index is 300. The van der Waals surface area contributed by atoms with Gasteiger partial charge in [-0.1, -0.05) is 43.5 Å². The maximum Gasteiger partial charge on any atom is 0.0934 e. The van der Waals surface area contributed by atoms with Crippen molar-refractivity contribution in [3.05, 3.63) is 35.4 Å². The fraction of sp³-hybridized carbons (Fsp3) is 0.571. The van der Waals surface area contributed by atoms with Crippen LogP contribution in [0.15, 0.2) is 24.3 Å². The number of aryl methyl sites for hydroxylation is 1. The summed E-state index contributed by atoms with van der Waals surface area (Å²) in [5, 5.41) is 0. The van der Waals surface area contributed by atoms with Gasteiger partial charge in [0, 0.05) is 6.42 Å². The Morgan fingerprint density at radius 3 is 2.53 bits per heavy atom. The van der Waals surface area contributed by atoms with Crippen molar-refractivity contribution in [2.24, 2.45) is 0 Å². The second kappa shape index (κ2) is 5.29. The van der Waals surface area contributed by atoms with Crippen LogP contribution >= 0.6 is 0 Å². The fourth-order valence-electron chi connectivity index (χ4n) is 2.68. The first-order chi connectivity index (χ1) is 7.42. The van der Waals surface area contributed by atoms with E-state index in [4.69, 9.17) is 0 Å². The lowest BCUT2D eigenvalue weighted by molar-refractivity contribution is 0.438. The van der Waals surface area contributed by atoms with Crippen molar-refractivity contribution in [2.75, 3.05) is 6.67 Å². The van der Waals surface area contributed by atoms with Crippen LogP contribution in [0, 0.1) is 0 Å². The molecule has 1 aromatic carbocycles. The minimum atomic E-state index is -0.232. The molecule has 0 saturated heterocycles. The zero-order valence-electron chi connectivity index (χ0n) is 9.21. The van der Waals surface area contributed by atoms with Crippen LogP contribution in [-0.2, 0) is 6.42 Å². The largest absolute Gasteiger partial charge is 0.251 e. The molecule has 0 radical (unpaired) electrons. The van der Waals surface area contributed by atoms with Gasteiger partial charge >= 0.3 is 0 Å². The summed E-state index contributed by atoms with van der Waals surface area (Å²) in [5.41, 5.74) is 2.64. The molecule has 1 fully saturated rings. The minimum Gasteiger partial charge on any atom is -0.251 e. The molecule has 82 valence electrons. The van der Waals surface area contributed by atoms with Crippen molar-refractivity contribution in [1.29, 1.82) is 0 Å². The van der Waals surface area contributed by atoms with Crippen LogP contribution < -0.4 is 0 Å². The van der Waals surface area contributed by atoms with Gasteiger partial charge in [0.15, 0.2) is 0 Å². The zero-order chi connectivity index (χ0) is 10.5. The summed E-state index contributed by atoms with van der Waals surface area (Å²) >= 11 is 0. The molecule has 1 aromatic rings. The van der Waals surface area contributed by atoms with Crippen molar-refractivity contribution < 1.29 is 4.39 Å². The van der Waals surface area contributed by atoms with Crippen molar-refractivity contribution in [2.45, 2.75) is 44.4 Å². The molecule has 1 saturated carbocycles. The Balaban J connectivity index is 2.17. The van der Waals surface area contributed by atoms with E-state index < -0.39 is 0 Å². The van der Waals surface area contributed by atoms with Crippen LogP contribution in [0.4, 0.5) is 4.39 Å². The molecule has 0 heterocycles. The second-order valence-corrected chi connectivity index (χ2v) is 4.47. The van der Waals surface area contributed by atoms with Crippen LogP contribution in [0.5, 0.6) is 0 Å². The topological polar surface area (TPSA) is 0 Å². The normalized spacial score (nSPS) is 17.9. The number of hydrogen-bond donors (Lipinski definition) is 0. The van der Waals surface area contributed by atoms with E-state index in [0.29, 0.717) is 12.3 Å². The average molecular weight is 206 g/mol. The third kappa shape index (κ3) is 2.58. The van der Waals surface area contributed by atoms with Gasteiger partial charge in [0.2, 0.25) is 0 Å². The molecule has 1 aliphatic rings. The molecule has 0 aliphatic heterocycles. The van der Waals surface area contributed by atoms with E-state index in [2.05, 4.69) is 18.2 Å². The standard InChI is InChI=1S/C14H19F/c15-11-10-13-8-4-5-9-14(13)12-6-2-1-3-7-12/h4-5,8-9,12H,1-3,6-7,10-11H2. The summed E-state index contributed by atoms with van der Waals surface area (Å²) in [6.07, 6.45) is 7.24. The third-order valence-electron chi connectivity index (χ3n) is 3.46. The van der Waals surface area contributed by atoms with Gasteiger partial charge in [-0.25, -0.2) is 0 Å². The van der Waals surface area contributed by atoms with E-state index >= 15 is 0 Å². The number of hydrogen-bond acceptors (Lipinski definition) is 0. The molecular formula is C14H19F. The predicted molar refractivity (Wildman–Crippen MR) is 61.9 cm³/mol. The average Bonchev–Trinajstić information content (AvgIpc) is 2.31. The van der Waals surface area contributed by atoms with E-state index in [1.165, 1.54) is 43.2 Å². The van der Waals surface area contributed by atoms with Crippen molar-refractivity contribution in [1.82, 2.24) is 0 Å². The highest BCUT2D eigenvalue weighted by Crippen LogP contribution is 2.34. The maximum atomic E-state index is 12.4. The molecule has 0 atom stereocenters. The summed E-state index contributed by atoms with van der Waals surface area (Å²) in [6.45, 7) is -0.232. The smallest absolute Gasteiger partial charge is 0.0934 e. The van der Waals surface area contributed by atoms with E-state index in [0.717, 1.165) is 0 Å². The molecule has 0 N–H and O–H groups in total. The highest BCUT2D eigenvalue weighted by Gasteiger charge is 2.17. The summed E-state index contributed by atoms with van der Waals surface area (Å²) in [7, 11) is 0. The molecule has 15 heavy (non-hydrogen) atoms. The zero-order valence-corrected chi connectivity index (χ0v) is 9.21. The Morgan fingerprint density at radius 2 is 1.80 bits per heavy atom. The highest BCUT2D eigenvalue weighted by molar-refractivity contribution is 5.30. The Hall–Kier alpha value is -0.850. The van der Waals surface area contributed by atoms with E-state index in [1.54, 1.807) is 0 Å². The summed E-state index contributed by atoms with van der Waals surface area (Å²) in [6, 6.07) is 8.40. The van der Waals surface area contributed by atoms with Crippen molar-refractivity contribution in [3.63, 3.8) is 0 Å². The third-order valence-corrected chi connectivity index (χ3v) is 3.46. The second-order valence-electron chi connectivity index (χ2n) is 4.47. The molecule has 2 rings (SSSR count). The number of halogens is 1. The van der Waals surface area contributed by atoms with Gasteiger partial charge in [0.1, 0.15) is 0 Å². The van der Waals surface area contributed by atoms with E-state index in [-0.39, 0.29) is 6.67 Å². The van der Waals surface area contributed by atoms with E-state index in [1.807, 2.05) is 6.07 Å². The van der Waals surface area contributed by atoms with Crippen LogP contribution in [0.25, 0.3) is 0 Å². The fourth-order valence-corrected chi connectivity index (χ4v) is 2.68. The Morgan fingerprint density at radius 1 is 1.07 bits per heavy atom. The monoisotopic (exact) mass is 206 g/mol. The highest BCUT2D eigenvalue weighted by atomic mass is 19.1. The SMILES string of the molecule is FCCc1ccccc1C1CCCCC1. The molecule has 0 bridgehead atoms. The van der Waals surface area contributed by atoms with Gasteiger partial charge in [0.25, 0.3) is 0 Å². The summed E-state index contributed by atoms with van der Waals surface area (Å²) in [4.78, 5) is 0. The molecule has 0 spiro atoms. The lowest BCUT2D eigenvalue weighted by Gasteiger charge is -2.24. The van der Waals surface area contributed by atoms with Crippen LogP contribution in [0.2, 0.25) is 0 Å². The van der Waals surface area contributed by atoms with Gasteiger partial charge in [-0.05, 0) is 29.9 Å². The van der Waals surface area contributed by atoms with Gasteiger partial charge in [-0.15, -0.1) is 0 Å². The number of alkyl halides is 1. The maximum absolute atomic E-state index is 12.4. The predicted octanol–water partition coefficient (Wildman–Crippen LogP) is 4.25. The van der Waals surface area contributed by atoms with Crippen LogP contribution in [0.3, 0.4) is 0 Å². The van der Waals surface area contributed by atoms with Crippen LogP contribution in [0.1, 0.15) is 49.1 Å². The summed E-state index contributed by atoms with van der Waals surface area (Å²) < 4.78 is 12.4. The lowest BCUT2D eigenvalue weighted by atomic mass is 9.82. The minimum absolute atomic E-state index is 0.232. The first-order valence-corrected chi connectivity index (χ1v) is 6.05. The lowest BCUT2D eigenvalue weighted by Crippen LogP contribution is -2.07. The van der Waals surface area contributed by atoms with Crippen molar-refractivity contribution in [3.8, 4) is 0 Å². The molecule has 1 heteroatoms. The Kier molecular flexibility index (Phi) is 3.76. The molecule has 0 aromatic heterocycles. The quantitative estimate of drug-likeness (QED) is 0.693. The van der Waals surface area contributed by atoms with Gasteiger partial charge in [-0.3, -0.25) is 4.39 Å².